The van der Waals surface area contributed by atoms with Gasteiger partial charge >= 0.3 is 0 Å². The molecule has 2 atom stereocenters. The van der Waals surface area contributed by atoms with E-state index in [4.69, 9.17) is 0 Å². The van der Waals surface area contributed by atoms with Gasteiger partial charge in [0.2, 0.25) is 11.8 Å². The highest BCUT2D eigenvalue weighted by Gasteiger charge is 2.33. The zero-order chi connectivity index (χ0) is 21.7. The molecule has 0 aromatic heterocycles. The van der Waals surface area contributed by atoms with Gasteiger partial charge in [-0.1, -0.05) is 74.5 Å². The molecule has 2 amide bonds. The highest BCUT2D eigenvalue weighted by molar-refractivity contribution is 7.91. The van der Waals surface area contributed by atoms with E-state index in [-0.39, 0.29) is 29.2 Å². The molecule has 2 aromatic carbocycles. The lowest BCUT2D eigenvalue weighted by Crippen LogP contribution is -2.53. The molecule has 0 bridgehead atoms. The number of carbonyl (C=O) groups excluding carboxylic acids is 2. The Morgan fingerprint density at radius 1 is 0.900 bits per heavy atom. The molecule has 30 heavy (non-hydrogen) atoms. The van der Waals surface area contributed by atoms with E-state index >= 15 is 0 Å². The number of carbonyl (C=O) groups is 2. The van der Waals surface area contributed by atoms with Crippen molar-refractivity contribution in [2.75, 3.05) is 11.5 Å². The van der Waals surface area contributed by atoms with Crippen molar-refractivity contribution in [3.05, 3.63) is 71.8 Å². The summed E-state index contributed by atoms with van der Waals surface area (Å²) in [4.78, 5) is 26.2. The molecule has 1 aliphatic rings. The van der Waals surface area contributed by atoms with Crippen molar-refractivity contribution in [2.24, 2.45) is 5.92 Å². The van der Waals surface area contributed by atoms with Gasteiger partial charge in [-0.25, -0.2) is 8.42 Å². The van der Waals surface area contributed by atoms with Crippen molar-refractivity contribution in [1.29, 1.82) is 0 Å². The molecule has 160 valence electrons. The van der Waals surface area contributed by atoms with E-state index in [0.717, 1.165) is 11.1 Å². The summed E-state index contributed by atoms with van der Waals surface area (Å²) in [5.41, 5.74) is 1.68. The Bertz CT molecular complexity index is 935. The highest BCUT2D eigenvalue weighted by atomic mass is 32.2. The van der Waals surface area contributed by atoms with Crippen LogP contribution >= 0.6 is 0 Å². The third-order valence-electron chi connectivity index (χ3n) is 5.35. The van der Waals surface area contributed by atoms with Crippen LogP contribution in [0.3, 0.4) is 0 Å². The van der Waals surface area contributed by atoms with Gasteiger partial charge in [-0.15, -0.1) is 0 Å². The number of sulfone groups is 1. The van der Waals surface area contributed by atoms with Crippen LogP contribution in [-0.4, -0.2) is 43.8 Å². The normalized spacial score (nSPS) is 18.9. The van der Waals surface area contributed by atoms with Gasteiger partial charge in [0, 0.05) is 6.04 Å². The highest BCUT2D eigenvalue weighted by Crippen LogP contribution is 2.25. The predicted molar refractivity (Wildman–Crippen MR) is 117 cm³/mol. The van der Waals surface area contributed by atoms with Crippen LogP contribution in [-0.2, 0) is 19.4 Å². The van der Waals surface area contributed by atoms with Gasteiger partial charge in [0.15, 0.2) is 9.84 Å². The second-order valence-corrected chi connectivity index (χ2v) is 10.3. The van der Waals surface area contributed by atoms with E-state index in [9.17, 15) is 18.0 Å². The molecule has 6 nitrogen and oxygen atoms in total. The summed E-state index contributed by atoms with van der Waals surface area (Å²) in [7, 11) is -3.10. The second-order valence-electron chi connectivity index (χ2n) is 8.09. The number of hydrogen-bond donors (Lipinski definition) is 2. The quantitative estimate of drug-likeness (QED) is 0.708. The van der Waals surface area contributed by atoms with Gasteiger partial charge in [0.25, 0.3) is 0 Å². The van der Waals surface area contributed by atoms with Crippen LogP contribution in [0.15, 0.2) is 60.7 Å². The summed E-state index contributed by atoms with van der Waals surface area (Å²) in [5.74, 6) is -1.28. The standard InChI is InChI=1S/C23H28N2O4S/c1-16(2)21(23(27)24-19-13-14-30(28,29)15-19)25-22(26)20(17-9-5-3-6-10-17)18-11-7-4-8-12-18/h3-12,16,19-21H,13-15H2,1-2H3,(H,24,27)(H,25,26)/t19-,21-/m1/s1. The van der Waals surface area contributed by atoms with Crippen LogP contribution in [0.2, 0.25) is 0 Å². The van der Waals surface area contributed by atoms with E-state index in [1.165, 1.54) is 0 Å². The maximum Gasteiger partial charge on any atom is 0.243 e. The maximum absolute atomic E-state index is 13.3. The fourth-order valence-electron chi connectivity index (χ4n) is 3.76. The molecule has 0 saturated carbocycles. The third kappa shape index (κ3) is 5.48. The van der Waals surface area contributed by atoms with E-state index in [0.29, 0.717) is 6.42 Å². The molecule has 3 rings (SSSR count). The Morgan fingerprint density at radius 3 is 1.87 bits per heavy atom. The molecule has 0 spiro atoms. The summed E-state index contributed by atoms with van der Waals surface area (Å²) in [6.45, 7) is 3.71. The smallest absolute Gasteiger partial charge is 0.243 e. The first-order chi connectivity index (χ1) is 14.3. The van der Waals surface area contributed by atoms with Crippen LogP contribution in [0.4, 0.5) is 0 Å². The Hall–Kier alpha value is -2.67. The molecule has 2 aromatic rings. The molecule has 1 saturated heterocycles. The molecular weight excluding hydrogens is 400 g/mol. The lowest BCUT2D eigenvalue weighted by molar-refractivity contribution is -0.130. The molecule has 0 aliphatic carbocycles. The third-order valence-corrected chi connectivity index (χ3v) is 7.12. The van der Waals surface area contributed by atoms with Crippen LogP contribution in [0.5, 0.6) is 0 Å². The van der Waals surface area contributed by atoms with Gasteiger partial charge in [-0.05, 0) is 23.5 Å². The first-order valence-electron chi connectivity index (χ1n) is 10.2. The van der Waals surface area contributed by atoms with E-state index in [1.54, 1.807) is 0 Å². The van der Waals surface area contributed by atoms with Crippen molar-refractivity contribution in [1.82, 2.24) is 10.6 Å². The van der Waals surface area contributed by atoms with E-state index in [2.05, 4.69) is 10.6 Å². The molecule has 0 unspecified atom stereocenters. The zero-order valence-electron chi connectivity index (χ0n) is 17.2. The Morgan fingerprint density at radius 2 is 1.43 bits per heavy atom. The number of rotatable bonds is 7. The number of hydrogen-bond acceptors (Lipinski definition) is 4. The monoisotopic (exact) mass is 428 g/mol. The van der Waals surface area contributed by atoms with Crippen molar-refractivity contribution >= 4 is 21.7 Å². The Balaban J connectivity index is 1.79. The van der Waals surface area contributed by atoms with Crippen molar-refractivity contribution in [3.63, 3.8) is 0 Å². The van der Waals surface area contributed by atoms with Crippen LogP contribution in [0.25, 0.3) is 0 Å². The molecule has 2 N–H and O–H groups in total. The molecular formula is C23H28N2O4S. The van der Waals surface area contributed by atoms with Gasteiger partial charge in [-0.3, -0.25) is 9.59 Å². The number of nitrogens with one attached hydrogen (secondary N) is 2. The summed E-state index contributed by atoms with van der Waals surface area (Å²) >= 11 is 0. The van der Waals surface area contributed by atoms with Gasteiger partial charge in [0.05, 0.1) is 17.4 Å². The summed E-state index contributed by atoms with van der Waals surface area (Å²) < 4.78 is 23.4. The lowest BCUT2D eigenvalue weighted by atomic mass is 9.89. The second kappa shape index (κ2) is 9.43. The minimum Gasteiger partial charge on any atom is -0.351 e. The molecule has 7 heteroatoms. The molecule has 1 heterocycles. The molecule has 1 aliphatic heterocycles. The van der Waals surface area contributed by atoms with Crippen LogP contribution in [0.1, 0.15) is 37.3 Å². The largest absolute Gasteiger partial charge is 0.351 e. The fourth-order valence-corrected chi connectivity index (χ4v) is 5.43. The lowest BCUT2D eigenvalue weighted by Gasteiger charge is -2.26. The number of benzene rings is 2. The van der Waals surface area contributed by atoms with Crippen molar-refractivity contribution in [2.45, 2.75) is 38.3 Å². The molecule has 0 radical (unpaired) electrons. The van der Waals surface area contributed by atoms with Crippen LogP contribution in [0, 0.1) is 5.92 Å². The average molecular weight is 429 g/mol. The summed E-state index contributed by atoms with van der Waals surface area (Å²) in [6, 6.07) is 17.7. The van der Waals surface area contributed by atoms with E-state index < -0.39 is 27.8 Å². The van der Waals surface area contributed by atoms with Gasteiger partial charge < -0.3 is 10.6 Å². The van der Waals surface area contributed by atoms with Gasteiger partial charge in [0.1, 0.15) is 6.04 Å². The number of amides is 2. The fraction of sp³-hybridized carbons (Fsp3) is 0.391. The Kier molecular flexibility index (Phi) is 6.92. The SMILES string of the molecule is CC(C)[C@@H](NC(=O)C(c1ccccc1)c1ccccc1)C(=O)N[C@@H]1CCS(=O)(=O)C1. The average Bonchev–Trinajstić information content (AvgIpc) is 3.05. The minimum absolute atomic E-state index is 0.0475. The maximum atomic E-state index is 13.3. The van der Waals surface area contributed by atoms with Crippen molar-refractivity contribution in [3.8, 4) is 0 Å². The topological polar surface area (TPSA) is 92.3 Å². The predicted octanol–water partition coefficient (Wildman–Crippen LogP) is 2.26. The zero-order valence-corrected chi connectivity index (χ0v) is 18.1. The first-order valence-corrected chi connectivity index (χ1v) is 12.0. The van der Waals surface area contributed by atoms with Crippen molar-refractivity contribution < 1.29 is 18.0 Å². The summed E-state index contributed by atoms with van der Waals surface area (Å²) in [5, 5.41) is 5.71. The molecule has 1 fully saturated rings. The Labute approximate surface area is 178 Å². The van der Waals surface area contributed by atoms with Gasteiger partial charge in [-0.2, -0.15) is 0 Å². The van der Waals surface area contributed by atoms with Crippen LogP contribution < -0.4 is 10.6 Å². The first kappa shape index (κ1) is 22.0. The summed E-state index contributed by atoms with van der Waals surface area (Å²) in [6.07, 6.45) is 0.406. The van der Waals surface area contributed by atoms with E-state index in [1.807, 2.05) is 74.5 Å². The minimum atomic E-state index is -3.10.